The van der Waals surface area contributed by atoms with E-state index in [1.165, 1.54) is 24.3 Å². The molecule has 2 aromatic carbocycles. The van der Waals surface area contributed by atoms with Crippen LogP contribution in [0.4, 0.5) is 25.8 Å². The van der Waals surface area contributed by atoms with Crippen molar-refractivity contribution in [1.29, 1.82) is 0 Å². The van der Waals surface area contributed by atoms with Gasteiger partial charge < -0.3 is 10.1 Å². The Morgan fingerprint density at radius 3 is 2.43 bits per heavy atom. The third-order valence-electron chi connectivity index (χ3n) is 2.71. The highest BCUT2D eigenvalue weighted by Gasteiger charge is 2.17. The summed E-state index contributed by atoms with van der Waals surface area (Å²) in [5.74, 6) is -2.23. The first kappa shape index (κ1) is 14.6. The minimum Gasteiger partial charge on any atom is -0.465 e. The minimum absolute atomic E-state index is 0.110. The van der Waals surface area contributed by atoms with E-state index in [1.807, 2.05) is 0 Å². The Bertz CT molecular complexity index is 687. The van der Waals surface area contributed by atoms with E-state index in [9.17, 15) is 18.5 Å². The molecule has 0 amide bonds. The number of carbonyl (C=O) groups is 1. The van der Waals surface area contributed by atoms with Crippen LogP contribution in [-0.2, 0) is 4.74 Å². The molecule has 5 nitrogen and oxygen atoms in total. The molecule has 0 fully saturated rings. The van der Waals surface area contributed by atoms with Crippen molar-refractivity contribution in [3.05, 3.63) is 58.5 Å². The molecule has 0 saturated heterocycles. The molecule has 2 rings (SSSR count). The van der Waals surface area contributed by atoms with Gasteiger partial charge in [-0.15, -0.1) is 4.91 Å². The lowest BCUT2D eigenvalue weighted by Crippen LogP contribution is -2.05. The summed E-state index contributed by atoms with van der Waals surface area (Å²) in [6.45, 7) is 0. The van der Waals surface area contributed by atoms with Crippen molar-refractivity contribution in [3.8, 4) is 0 Å². The molecule has 0 atom stereocenters. The average molecular weight is 292 g/mol. The number of hydrogen-bond donors (Lipinski definition) is 1. The summed E-state index contributed by atoms with van der Waals surface area (Å²) in [4.78, 5) is 22.2. The standard InChI is InChI=1S/C14H10F2N2O3/c1-21-14(19)10-6-12(13(18-20)7-11(10)16)17-9-4-2-8(15)3-5-9/h2-7,17H,1H3. The van der Waals surface area contributed by atoms with E-state index in [0.717, 1.165) is 19.2 Å². The van der Waals surface area contributed by atoms with Crippen LogP contribution in [-0.4, -0.2) is 13.1 Å². The topological polar surface area (TPSA) is 67.8 Å². The van der Waals surface area contributed by atoms with E-state index in [1.54, 1.807) is 0 Å². The molecule has 0 spiro atoms. The summed E-state index contributed by atoms with van der Waals surface area (Å²) >= 11 is 0. The molecule has 1 N–H and O–H groups in total. The number of esters is 1. The van der Waals surface area contributed by atoms with E-state index >= 15 is 0 Å². The summed E-state index contributed by atoms with van der Waals surface area (Å²) in [5, 5.41) is 5.46. The number of hydrogen-bond acceptors (Lipinski definition) is 5. The maximum Gasteiger partial charge on any atom is 0.340 e. The summed E-state index contributed by atoms with van der Waals surface area (Å²) in [7, 11) is 1.11. The number of ether oxygens (including phenoxy) is 1. The van der Waals surface area contributed by atoms with Gasteiger partial charge in [-0.25, -0.2) is 13.6 Å². The predicted molar refractivity (Wildman–Crippen MR) is 72.9 cm³/mol. The lowest BCUT2D eigenvalue weighted by molar-refractivity contribution is 0.0595. The first-order valence-corrected chi connectivity index (χ1v) is 5.83. The molecule has 108 valence electrons. The minimum atomic E-state index is -0.916. The van der Waals surface area contributed by atoms with Crippen molar-refractivity contribution in [3.63, 3.8) is 0 Å². The quantitative estimate of drug-likeness (QED) is 0.685. The van der Waals surface area contributed by atoms with E-state index in [0.29, 0.717) is 5.69 Å². The lowest BCUT2D eigenvalue weighted by Gasteiger charge is -2.10. The number of carbonyl (C=O) groups excluding carboxylic acids is 1. The largest absolute Gasteiger partial charge is 0.465 e. The predicted octanol–water partition coefficient (Wildman–Crippen LogP) is 3.89. The van der Waals surface area contributed by atoms with E-state index < -0.39 is 17.6 Å². The second-order valence-corrected chi connectivity index (χ2v) is 4.06. The van der Waals surface area contributed by atoms with Crippen LogP contribution in [0.5, 0.6) is 0 Å². The second-order valence-electron chi connectivity index (χ2n) is 4.06. The van der Waals surface area contributed by atoms with Crippen LogP contribution in [0.3, 0.4) is 0 Å². The smallest absolute Gasteiger partial charge is 0.340 e. The van der Waals surface area contributed by atoms with Crippen molar-refractivity contribution in [2.75, 3.05) is 12.4 Å². The first-order chi connectivity index (χ1) is 10.0. The molecule has 0 aliphatic carbocycles. The number of halogens is 2. The Balaban J connectivity index is 2.43. The third-order valence-corrected chi connectivity index (χ3v) is 2.71. The Kier molecular flexibility index (Phi) is 4.22. The van der Waals surface area contributed by atoms with Gasteiger partial charge in [0.25, 0.3) is 0 Å². The van der Waals surface area contributed by atoms with Gasteiger partial charge in [0.1, 0.15) is 17.3 Å². The Morgan fingerprint density at radius 1 is 1.19 bits per heavy atom. The average Bonchev–Trinajstić information content (AvgIpc) is 2.50. The van der Waals surface area contributed by atoms with Gasteiger partial charge in [-0.05, 0) is 35.5 Å². The normalized spacial score (nSPS) is 10.0. The number of nitroso groups, excluding NO2 is 1. The van der Waals surface area contributed by atoms with Crippen LogP contribution in [0.15, 0.2) is 41.6 Å². The molecule has 7 heteroatoms. The summed E-state index contributed by atoms with van der Waals surface area (Å²) in [6, 6.07) is 7.20. The van der Waals surface area contributed by atoms with Gasteiger partial charge in [0.2, 0.25) is 0 Å². The fourth-order valence-corrected chi connectivity index (χ4v) is 1.69. The summed E-state index contributed by atoms with van der Waals surface area (Å²) in [6.07, 6.45) is 0. The molecule has 0 radical (unpaired) electrons. The van der Waals surface area contributed by atoms with Crippen molar-refractivity contribution in [2.24, 2.45) is 5.18 Å². The van der Waals surface area contributed by atoms with Gasteiger partial charge in [0, 0.05) is 11.8 Å². The van der Waals surface area contributed by atoms with Gasteiger partial charge in [-0.2, -0.15) is 0 Å². The second kappa shape index (κ2) is 6.08. The molecule has 2 aromatic rings. The lowest BCUT2D eigenvalue weighted by atomic mass is 10.1. The fraction of sp³-hybridized carbons (Fsp3) is 0.0714. The molecule has 0 heterocycles. The van der Waals surface area contributed by atoms with Crippen LogP contribution in [0.25, 0.3) is 0 Å². The molecule has 21 heavy (non-hydrogen) atoms. The van der Waals surface area contributed by atoms with Crippen LogP contribution in [0.1, 0.15) is 10.4 Å². The molecule has 0 saturated carbocycles. The van der Waals surface area contributed by atoms with Crippen LogP contribution >= 0.6 is 0 Å². The number of rotatable bonds is 4. The van der Waals surface area contributed by atoms with Gasteiger partial charge >= 0.3 is 5.97 Å². The number of methoxy groups -OCH3 is 1. The van der Waals surface area contributed by atoms with Crippen LogP contribution in [0.2, 0.25) is 0 Å². The summed E-state index contributed by atoms with van der Waals surface area (Å²) in [5.41, 5.74) is 0.00104. The van der Waals surface area contributed by atoms with Crippen molar-refractivity contribution >= 4 is 23.0 Å². The van der Waals surface area contributed by atoms with Gasteiger partial charge in [-0.1, -0.05) is 0 Å². The van der Waals surface area contributed by atoms with Crippen molar-refractivity contribution in [2.45, 2.75) is 0 Å². The monoisotopic (exact) mass is 292 g/mol. The third kappa shape index (κ3) is 3.19. The molecular formula is C14H10F2N2O3. The Hall–Kier alpha value is -2.83. The number of nitrogens with zero attached hydrogens (tertiary/aromatic N) is 1. The van der Waals surface area contributed by atoms with E-state index in [-0.39, 0.29) is 16.9 Å². The van der Waals surface area contributed by atoms with Crippen LogP contribution < -0.4 is 5.32 Å². The molecule has 0 aliphatic heterocycles. The van der Waals surface area contributed by atoms with Crippen LogP contribution in [0, 0.1) is 16.5 Å². The molecule has 0 aliphatic rings. The molecule has 0 unspecified atom stereocenters. The maximum absolute atomic E-state index is 13.7. The zero-order chi connectivity index (χ0) is 15.4. The van der Waals surface area contributed by atoms with Crippen molar-refractivity contribution in [1.82, 2.24) is 0 Å². The Morgan fingerprint density at radius 2 is 1.86 bits per heavy atom. The zero-order valence-electron chi connectivity index (χ0n) is 10.9. The maximum atomic E-state index is 13.7. The fourth-order valence-electron chi connectivity index (χ4n) is 1.69. The highest BCUT2D eigenvalue weighted by Crippen LogP contribution is 2.31. The summed E-state index contributed by atoms with van der Waals surface area (Å²) < 4.78 is 30.9. The number of anilines is 2. The van der Waals surface area contributed by atoms with Gasteiger partial charge in [0.15, 0.2) is 0 Å². The zero-order valence-corrected chi connectivity index (χ0v) is 10.9. The SMILES string of the molecule is COC(=O)c1cc(Nc2ccc(F)cc2)c(N=O)cc1F. The highest BCUT2D eigenvalue weighted by atomic mass is 19.1. The molecule has 0 bridgehead atoms. The highest BCUT2D eigenvalue weighted by molar-refractivity contribution is 5.92. The Labute approximate surface area is 118 Å². The number of nitrogens with one attached hydrogen (secondary N) is 1. The number of benzene rings is 2. The molecule has 0 aromatic heterocycles. The van der Waals surface area contributed by atoms with Gasteiger partial charge in [-0.3, -0.25) is 0 Å². The molecular weight excluding hydrogens is 282 g/mol. The van der Waals surface area contributed by atoms with Gasteiger partial charge in [0.05, 0.1) is 18.4 Å². The van der Waals surface area contributed by atoms with E-state index in [2.05, 4.69) is 15.2 Å². The van der Waals surface area contributed by atoms with E-state index in [4.69, 9.17) is 0 Å². The van der Waals surface area contributed by atoms with Crippen molar-refractivity contribution < 1.29 is 18.3 Å². The first-order valence-electron chi connectivity index (χ1n) is 5.83.